The van der Waals surface area contributed by atoms with E-state index in [9.17, 15) is 14.4 Å². The molecule has 0 spiro atoms. The molecule has 0 unspecified atom stereocenters. The van der Waals surface area contributed by atoms with Gasteiger partial charge in [-0.3, -0.25) is 14.4 Å². The van der Waals surface area contributed by atoms with Gasteiger partial charge in [-0.05, 0) is 25.0 Å². The van der Waals surface area contributed by atoms with Crippen LogP contribution < -0.4 is 5.32 Å². The number of amides is 3. The van der Waals surface area contributed by atoms with E-state index >= 15 is 0 Å². The lowest BCUT2D eigenvalue weighted by Gasteiger charge is -2.40. The van der Waals surface area contributed by atoms with Crippen molar-refractivity contribution in [2.45, 2.75) is 38.6 Å². The number of rotatable bonds is 1. The van der Waals surface area contributed by atoms with Gasteiger partial charge in [0.05, 0.1) is 5.92 Å². The molecule has 1 aromatic carbocycles. The Morgan fingerprint density at radius 3 is 2.50 bits per heavy atom. The minimum atomic E-state index is -0.135. The van der Waals surface area contributed by atoms with Gasteiger partial charge in [0.15, 0.2) is 0 Å². The van der Waals surface area contributed by atoms with Crippen molar-refractivity contribution in [3.63, 3.8) is 0 Å². The molecule has 0 bridgehead atoms. The Morgan fingerprint density at radius 1 is 1.04 bits per heavy atom. The molecule has 3 rings (SSSR count). The predicted molar refractivity (Wildman–Crippen MR) is 98.5 cm³/mol. The van der Waals surface area contributed by atoms with E-state index in [0.29, 0.717) is 31.7 Å². The lowest BCUT2D eigenvalue weighted by molar-refractivity contribution is -0.137. The van der Waals surface area contributed by atoms with Crippen molar-refractivity contribution in [3.8, 4) is 0 Å². The van der Waals surface area contributed by atoms with Crippen LogP contribution in [-0.4, -0.2) is 59.7 Å². The third-order valence-electron chi connectivity index (χ3n) is 5.47. The zero-order valence-corrected chi connectivity index (χ0v) is 15.3. The third-order valence-corrected chi connectivity index (χ3v) is 5.47. The first kappa shape index (κ1) is 18.4. The molecule has 0 radical (unpaired) electrons. The number of nitrogens with one attached hydrogen (secondary N) is 1. The number of fused-ring (bicyclic) bond motifs is 1. The van der Waals surface area contributed by atoms with E-state index < -0.39 is 0 Å². The number of benzene rings is 1. The topological polar surface area (TPSA) is 69.7 Å². The highest BCUT2D eigenvalue weighted by Gasteiger charge is 2.36. The van der Waals surface area contributed by atoms with Crippen molar-refractivity contribution in [3.05, 3.63) is 35.9 Å². The number of hydrogen-bond acceptors (Lipinski definition) is 3. The summed E-state index contributed by atoms with van der Waals surface area (Å²) in [6.45, 7) is 3.40. The minimum absolute atomic E-state index is 0.00922. The quantitative estimate of drug-likeness (QED) is 0.831. The van der Waals surface area contributed by atoms with E-state index in [1.54, 1.807) is 28.9 Å². The molecule has 1 aromatic rings. The van der Waals surface area contributed by atoms with Crippen molar-refractivity contribution in [2.75, 3.05) is 26.2 Å². The fraction of sp³-hybridized carbons (Fsp3) is 0.550. The maximum Gasteiger partial charge on any atom is 0.253 e. The standard InChI is InChI=1S/C20H27N3O3/c1-15(24)23-14-13-22(20(26)16-7-3-2-4-8-16)12-11-21-19(25)17-9-5-6-10-18(17)23/h2-4,7-8,17-18H,5-6,9-14H2,1H3,(H,21,25)/t17-,18+/m0/s1. The maximum absolute atomic E-state index is 12.8. The molecule has 6 heteroatoms. The highest BCUT2D eigenvalue weighted by atomic mass is 16.2. The second-order valence-electron chi connectivity index (χ2n) is 7.12. The van der Waals surface area contributed by atoms with Crippen LogP contribution in [0.4, 0.5) is 0 Å². The van der Waals surface area contributed by atoms with E-state index in [2.05, 4.69) is 5.32 Å². The Balaban J connectivity index is 1.80. The van der Waals surface area contributed by atoms with Crippen LogP contribution in [0.25, 0.3) is 0 Å². The predicted octanol–water partition coefficient (Wildman–Crippen LogP) is 1.67. The summed E-state index contributed by atoms with van der Waals surface area (Å²) in [4.78, 5) is 41.2. The molecule has 1 aliphatic heterocycles. The van der Waals surface area contributed by atoms with Crippen molar-refractivity contribution < 1.29 is 14.4 Å². The highest BCUT2D eigenvalue weighted by Crippen LogP contribution is 2.29. The lowest BCUT2D eigenvalue weighted by atomic mass is 9.82. The molecule has 1 saturated heterocycles. The molecule has 2 fully saturated rings. The Bertz CT molecular complexity index is 662. The van der Waals surface area contributed by atoms with E-state index in [1.807, 2.05) is 18.2 Å². The minimum Gasteiger partial charge on any atom is -0.354 e. The van der Waals surface area contributed by atoms with Gasteiger partial charge in [0.1, 0.15) is 0 Å². The van der Waals surface area contributed by atoms with Crippen molar-refractivity contribution in [2.24, 2.45) is 5.92 Å². The van der Waals surface area contributed by atoms with Crippen LogP contribution in [0.5, 0.6) is 0 Å². The monoisotopic (exact) mass is 357 g/mol. The first-order valence-electron chi connectivity index (χ1n) is 9.47. The maximum atomic E-state index is 12.8. The Morgan fingerprint density at radius 2 is 1.77 bits per heavy atom. The molecule has 1 N–H and O–H groups in total. The van der Waals surface area contributed by atoms with E-state index in [-0.39, 0.29) is 29.7 Å². The summed E-state index contributed by atoms with van der Waals surface area (Å²) in [5.41, 5.74) is 0.626. The first-order valence-corrected chi connectivity index (χ1v) is 9.47. The molecule has 140 valence electrons. The molecule has 0 aromatic heterocycles. The number of nitrogens with zero attached hydrogens (tertiary/aromatic N) is 2. The van der Waals surface area contributed by atoms with Gasteiger partial charge >= 0.3 is 0 Å². The molecule has 2 aliphatic rings. The van der Waals surface area contributed by atoms with Gasteiger partial charge in [-0.25, -0.2) is 0 Å². The fourth-order valence-corrected chi connectivity index (χ4v) is 4.10. The van der Waals surface area contributed by atoms with Gasteiger partial charge in [0.25, 0.3) is 5.91 Å². The van der Waals surface area contributed by atoms with E-state index in [4.69, 9.17) is 0 Å². The molecule has 1 heterocycles. The molecule has 26 heavy (non-hydrogen) atoms. The fourth-order valence-electron chi connectivity index (χ4n) is 4.10. The summed E-state index contributed by atoms with van der Waals surface area (Å²) in [5, 5.41) is 2.98. The summed E-state index contributed by atoms with van der Waals surface area (Å²) in [6, 6.07) is 9.07. The largest absolute Gasteiger partial charge is 0.354 e. The van der Waals surface area contributed by atoms with Crippen LogP contribution in [0.1, 0.15) is 43.0 Å². The first-order chi connectivity index (χ1) is 12.6. The molecular formula is C20H27N3O3. The van der Waals surface area contributed by atoms with Crippen LogP contribution >= 0.6 is 0 Å². The van der Waals surface area contributed by atoms with Crippen molar-refractivity contribution >= 4 is 17.7 Å². The van der Waals surface area contributed by atoms with Crippen LogP contribution in [0.15, 0.2) is 30.3 Å². The second-order valence-corrected chi connectivity index (χ2v) is 7.12. The van der Waals surface area contributed by atoms with Crippen molar-refractivity contribution in [1.82, 2.24) is 15.1 Å². The molecule has 3 amide bonds. The smallest absolute Gasteiger partial charge is 0.253 e. The Kier molecular flexibility index (Phi) is 5.91. The molecule has 1 saturated carbocycles. The van der Waals surface area contributed by atoms with Gasteiger partial charge in [-0.15, -0.1) is 0 Å². The zero-order valence-electron chi connectivity index (χ0n) is 15.3. The zero-order chi connectivity index (χ0) is 18.5. The van der Waals surface area contributed by atoms with E-state index in [1.165, 1.54) is 0 Å². The molecule has 1 aliphatic carbocycles. The summed E-state index contributed by atoms with van der Waals surface area (Å²) >= 11 is 0. The van der Waals surface area contributed by atoms with Gasteiger partial charge < -0.3 is 15.1 Å². The molecule has 2 atom stereocenters. The van der Waals surface area contributed by atoms with Gasteiger partial charge in [0, 0.05) is 44.7 Å². The number of carbonyl (C=O) groups is 3. The summed E-state index contributed by atoms with van der Waals surface area (Å²) in [6.07, 6.45) is 3.74. The van der Waals surface area contributed by atoms with Crippen LogP contribution in [0.2, 0.25) is 0 Å². The summed E-state index contributed by atoms with van der Waals surface area (Å²) in [7, 11) is 0. The van der Waals surface area contributed by atoms with E-state index in [0.717, 1.165) is 25.7 Å². The molecular weight excluding hydrogens is 330 g/mol. The second kappa shape index (κ2) is 8.34. The van der Waals surface area contributed by atoms with Gasteiger partial charge in [0.2, 0.25) is 11.8 Å². The molecule has 6 nitrogen and oxygen atoms in total. The van der Waals surface area contributed by atoms with Gasteiger partial charge in [-0.2, -0.15) is 0 Å². The summed E-state index contributed by atoms with van der Waals surface area (Å²) < 4.78 is 0. The number of hydrogen-bond donors (Lipinski definition) is 1. The lowest BCUT2D eigenvalue weighted by Crippen LogP contribution is -2.55. The van der Waals surface area contributed by atoms with Crippen molar-refractivity contribution in [1.29, 1.82) is 0 Å². The average Bonchev–Trinajstić information content (AvgIpc) is 2.66. The number of carbonyl (C=O) groups excluding carboxylic acids is 3. The van der Waals surface area contributed by atoms with Crippen LogP contribution in [-0.2, 0) is 9.59 Å². The average molecular weight is 357 g/mol. The SMILES string of the molecule is CC(=O)N1CCN(C(=O)c2ccccc2)CCNC(=O)[C@H]2CCCC[C@H]21. The van der Waals surface area contributed by atoms with Crippen LogP contribution in [0, 0.1) is 5.92 Å². The highest BCUT2D eigenvalue weighted by molar-refractivity contribution is 5.94. The normalized spacial score (nSPS) is 24.4. The van der Waals surface area contributed by atoms with Crippen LogP contribution in [0.3, 0.4) is 0 Å². The summed E-state index contributed by atoms with van der Waals surface area (Å²) in [5.74, 6) is -0.217. The Hall–Kier alpha value is -2.37. The Labute approximate surface area is 154 Å². The third kappa shape index (κ3) is 4.06. The van der Waals surface area contributed by atoms with Gasteiger partial charge in [-0.1, -0.05) is 31.0 Å².